The number of hydrogen-bond acceptors (Lipinski definition) is 3. The van der Waals surface area contributed by atoms with Gasteiger partial charge in [0.15, 0.2) is 0 Å². The maximum atomic E-state index is 11.9. The third kappa shape index (κ3) is 4.58. The summed E-state index contributed by atoms with van der Waals surface area (Å²) in [7, 11) is 0. The number of benzene rings is 1. The van der Waals surface area contributed by atoms with Crippen molar-refractivity contribution < 1.29 is 14.3 Å². The van der Waals surface area contributed by atoms with Crippen molar-refractivity contribution in [2.24, 2.45) is 0 Å². The first-order valence-corrected chi connectivity index (χ1v) is 7.75. The van der Waals surface area contributed by atoms with E-state index in [1.54, 1.807) is 27.7 Å². The van der Waals surface area contributed by atoms with E-state index >= 15 is 0 Å². The Hall–Kier alpha value is -2.30. The number of aldehydes is 1. The van der Waals surface area contributed by atoms with Gasteiger partial charge in [-0.3, -0.25) is 0 Å². The third-order valence-corrected chi connectivity index (χ3v) is 3.64. The van der Waals surface area contributed by atoms with E-state index in [1.807, 2.05) is 30.5 Å². The minimum absolute atomic E-state index is 0.498. The molecule has 0 saturated carbocycles. The second-order valence-corrected chi connectivity index (χ2v) is 7.02. The number of carbonyl (C=O) groups is 2. The van der Waals surface area contributed by atoms with Crippen molar-refractivity contribution in [2.75, 3.05) is 0 Å². The van der Waals surface area contributed by atoms with Crippen LogP contribution in [0.4, 0.5) is 4.79 Å². The zero-order valence-electron chi connectivity index (χ0n) is 14.1. The summed E-state index contributed by atoms with van der Waals surface area (Å²) in [5, 5.41) is 3.81. The molecule has 0 aliphatic rings. The molecule has 5 nitrogen and oxygen atoms in total. The summed E-state index contributed by atoms with van der Waals surface area (Å²) in [5.41, 5.74) is 0.640. The lowest BCUT2D eigenvalue weighted by atomic mass is 9.94. The van der Waals surface area contributed by atoms with E-state index in [-0.39, 0.29) is 0 Å². The highest BCUT2D eigenvalue weighted by Gasteiger charge is 2.28. The lowest BCUT2D eigenvalue weighted by Crippen LogP contribution is -2.49. The Morgan fingerprint density at radius 1 is 1.26 bits per heavy atom. The number of H-pyrrole nitrogens is 1. The predicted octanol–water partition coefficient (Wildman–Crippen LogP) is 3.58. The van der Waals surface area contributed by atoms with Crippen LogP contribution in [0.2, 0.25) is 0 Å². The van der Waals surface area contributed by atoms with Crippen LogP contribution in [0.1, 0.15) is 39.7 Å². The number of aryl methyl sites for hydroxylation is 1. The van der Waals surface area contributed by atoms with Gasteiger partial charge < -0.3 is 19.8 Å². The molecule has 0 aliphatic heterocycles. The van der Waals surface area contributed by atoms with Crippen LogP contribution in [0.25, 0.3) is 10.9 Å². The first-order chi connectivity index (χ1) is 10.7. The molecule has 2 N–H and O–H groups in total. The number of ether oxygens (including phenoxy) is 1. The van der Waals surface area contributed by atoms with E-state index in [1.165, 1.54) is 0 Å². The molecule has 23 heavy (non-hydrogen) atoms. The van der Waals surface area contributed by atoms with E-state index in [4.69, 9.17) is 4.74 Å². The lowest BCUT2D eigenvalue weighted by Gasteiger charge is -2.27. The summed E-state index contributed by atoms with van der Waals surface area (Å²) >= 11 is 0. The molecule has 0 bridgehead atoms. The zero-order chi connectivity index (χ0) is 17.1. The van der Waals surface area contributed by atoms with E-state index in [0.717, 1.165) is 22.8 Å². The molecular weight excluding hydrogens is 292 g/mol. The molecule has 0 fully saturated rings. The van der Waals surface area contributed by atoms with Gasteiger partial charge in [-0.25, -0.2) is 4.79 Å². The first-order valence-electron chi connectivity index (χ1n) is 7.75. The van der Waals surface area contributed by atoms with Crippen molar-refractivity contribution in [3.63, 3.8) is 0 Å². The fourth-order valence-corrected chi connectivity index (χ4v) is 2.42. The average Bonchev–Trinajstić information content (AvgIpc) is 2.86. The second kappa shape index (κ2) is 6.44. The van der Waals surface area contributed by atoms with E-state index in [2.05, 4.69) is 10.3 Å². The average molecular weight is 316 g/mol. The Morgan fingerprint density at radius 2 is 1.96 bits per heavy atom. The lowest BCUT2D eigenvalue weighted by molar-refractivity contribution is -0.113. The van der Waals surface area contributed by atoms with Crippen molar-refractivity contribution in [3.8, 4) is 0 Å². The van der Waals surface area contributed by atoms with Gasteiger partial charge in [-0.2, -0.15) is 0 Å². The van der Waals surface area contributed by atoms with Crippen molar-refractivity contribution in [1.29, 1.82) is 0 Å². The SMILES string of the molecule is CC(C=O)(CCc1c[nH]c2ccccc12)NC(=O)OC(C)(C)C. The maximum Gasteiger partial charge on any atom is 0.408 e. The number of fused-ring (bicyclic) bond motifs is 1. The highest BCUT2D eigenvalue weighted by molar-refractivity contribution is 5.83. The van der Waals surface area contributed by atoms with Gasteiger partial charge in [-0.15, -0.1) is 0 Å². The summed E-state index contributed by atoms with van der Waals surface area (Å²) < 4.78 is 5.23. The Labute approximate surface area is 136 Å². The Balaban J connectivity index is 2.03. The highest BCUT2D eigenvalue weighted by atomic mass is 16.6. The number of hydrogen-bond donors (Lipinski definition) is 2. The third-order valence-electron chi connectivity index (χ3n) is 3.64. The van der Waals surface area contributed by atoms with Crippen LogP contribution in [0.3, 0.4) is 0 Å². The van der Waals surface area contributed by atoms with Crippen LogP contribution < -0.4 is 5.32 Å². The molecule has 1 amide bonds. The molecule has 124 valence electrons. The van der Waals surface area contributed by atoms with Crippen molar-refractivity contribution in [1.82, 2.24) is 10.3 Å². The molecule has 0 radical (unpaired) electrons. The van der Waals surface area contributed by atoms with Crippen LogP contribution in [-0.2, 0) is 16.0 Å². The summed E-state index contributed by atoms with van der Waals surface area (Å²) in [4.78, 5) is 26.6. The molecule has 1 aromatic carbocycles. The summed E-state index contributed by atoms with van der Waals surface area (Å²) in [6.07, 6.45) is 3.31. The number of aromatic amines is 1. The predicted molar refractivity (Wildman–Crippen MR) is 90.5 cm³/mol. The molecule has 1 heterocycles. The maximum absolute atomic E-state index is 11.9. The molecule has 0 spiro atoms. The first kappa shape index (κ1) is 17.1. The van der Waals surface area contributed by atoms with Gasteiger partial charge in [-0.1, -0.05) is 18.2 Å². The van der Waals surface area contributed by atoms with Gasteiger partial charge >= 0.3 is 6.09 Å². The molecule has 5 heteroatoms. The smallest absolute Gasteiger partial charge is 0.408 e. The van der Waals surface area contributed by atoms with Crippen LogP contribution in [0.5, 0.6) is 0 Å². The van der Waals surface area contributed by atoms with Crippen LogP contribution in [0.15, 0.2) is 30.5 Å². The molecule has 1 aromatic heterocycles. The van der Waals surface area contributed by atoms with Crippen molar-refractivity contribution in [3.05, 3.63) is 36.0 Å². The van der Waals surface area contributed by atoms with E-state index < -0.39 is 17.2 Å². The molecule has 1 unspecified atom stereocenters. The Morgan fingerprint density at radius 3 is 2.61 bits per heavy atom. The fourth-order valence-electron chi connectivity index (χ4n) is 2.42. The van der Waals surface area contributed by atoms with Gasteiger partial charge in [0, 0.05) is 17.1 Å². The summed E-state index contributed by atoms with van der Waals surface area (Å²) in [5.74, 6) is 0. The second-order valence-electron chi connectivity index (χ2n) is 7.02. The number of para-hydroxylation sites is 1. The molecule has 1 atom stereocenters. The normalized spacial score (nSPS) is 14.3. The van der Waals surface area contributed by atoms with Gasteiger partial charge in [0.25, 0.3) is 0 Å². The zero-order valence-corrected chi connectivity index (χ0v) is 14.1. The van der Waals surface area contributed by atoms with E-state index in [0.29, 0.717) is 12.8 Å². The van der Waals surface area contributed by atoms with Crippen molar-refractivity contribution >= 4 is 23.3 Å². The van der Waals surface area contributed by atoms with Crippen LogP contribution in [0, 0.1) is 0 Å². The monoisotopic (exact) mass is 316 g/mol. The molecule has 2 rings (SSSR count). The number of amides is 1. The van der Waals surface area contributed by atoms with Gasteiger partial charge in [0.2, 0.25) is 0 Å². The summed E-state index contributed by atoms with van der Waals surface area (Å²) in [6.45, 7) is 7.07. The number of aromatic nitrogens is 1. The van der Waals surface area contributed by atoms with Crippen molar-refractivity contribution in [2.45, 2.75) is 51.7 Å². The number of alkyl carbamates (subject to hydrolysis) is 1. The number of carbonyl (C=O) groups excluding carboxylic acids is 2. The standard InChI is InChI=1S/C18H24N2O3/c1-17(2,3)23-16(22)20-18(4,12-21)10-9-13-11-19-15-8-6-5-7-14(13)15/h5-8,11-12,19H,9-10H2,1-4H3,(H,20,22). The molecule has 0 aliphatic carbocycles. The van der Waals surface area contributed by atoms with Crippen LogP contribution >= 0.6 is 0 Å². The molecular formula is C18H24N2O3. The topological polar surface area (TPSA) is 71.2 Å². The molecule has 2 aromatic rings. The Bertz CT molecular complexity index is 700. The van der Waals surface area contributed by atoms with E-state index in [9.17, 15) is 9.59 Å². The largest absolute Gasteiger partial charge is 0.444 e. The van der Waals surface area contributed by atoms with Gasteiger partial charge in [-0.05, 0) is 52.2 Å². The number of nitrogens with one attached hydrogen (secondary N) is 2. The quantitative estimate of drug-likeness (QED) is 0.828. The highest BCUT2D eigenvalue weighted by Crippen LogP contribution is 2.21. The van der Waals surface area contributed by atoms with Gasteiger partial charge in [0.1, 0.15) is 11.9 Å². The Kier molecular flexibility index (Phi) is 4.78. The number of rotatable bonds is 5. The fraction of sp³-hybridized carbons (Fsp3) is 0.444. The molecule has 0 saturated heterocycles. The minimum Gasteiger partial charge on any atom is -0.444 e. The summed E-state index contributed by atoms with van der Waals surface area (Å²) in [6, 6.07) is 8.01. The van der Waals surface area contributed by atoms with Gasteiger partial charge in [0.05, 0.1) is 5.54 Å². The minimum atomic E-state index is -0.958. The van der Waals surface area contributed by atoms with Crippen LogP contribution in [-0.4, -0.2) is 28.5 Å².